The van der Waals surface area contributed by atoms with E-state index in [-0.39, 0.29) is 17.9 Å². The molecule has 0 atom stereocenters. The molecule has 7 heteroatoms. The number of aromatic amines is 1. The minimum absolute atomic E-state index is 0.000595. The largest absolute Gasteiger partial charge is 0.466 e. The van der Waals surface area contributed by atoms with Gasteiger partial charge in [0.2, 0.25) is 0 Å². The van der Waals surface area contributed by atoms with Crippen molar-refractivity contribution in [1.82, 2.24) is 15.2 Å². The highest BCUT2D eigenvalue weighted by Gasteiger charge is 2.27. The van der Waals surface area contributed by atoms with Crippen molar-refractivity contribution in [3.05, 3.63) is 16.2 Å². The number of nitrogens with zero attached hydrogens (tertiary/aromatic N) is 2. The highest BCUT2D eigenvalue weighted by Crippen LogP contribution is 2.27. The van der Waals surface area contributed by atoms with Gasteiger partial charge in [0.15, 0.2) is 5.82 Å². The lowest BCUT2D eigenvalue weighted by molar-refractivity contribution is -0.149. The second-order valence-electron chi connectivity index (χ2n) is 5.02. The number of ether oxygens (including phenoxy) is 1. The molecule has 1 fully saturated rings. The van der Waals surface area contributed by atoms with E-state index < -0.39 is 5.69 Å². The van der Waals surface area contributed by atoms with E-state index in [2.05, 4.69) is 20.5 Å². The van der Waals surface area contributed by atoms with E-state index in [0.717, 1.165) is 25.7 Å². The molecule has 20 heavy (non-hydrogen) atoms. The van der Waals surface area contributed by atoms with E-state index in [1.165, 1.54) is 0 Å². The maximum Gasteiger partial charge on any atom is 0.363 e. The number of carbonyl (C=O) groups is 1. The topological polar surface area (TPSA) is 97.0 Å². The van der Waals surface area contributed by atoms with Crippen LogP contribution in [0.5, 0.6) is 0 Å². The normalized spacial score (nSPS) is 22.3. The van der Waals surface area contributed by atoms with E-state index in [1.54, 1.807) is 6.92 Å². The van der Waals surface area contributed by atoms with Gasteiger partial charge in [-0.1, -0.05) is 0 Å². The number of carbonyl (C=O) groups excluding carboxylic acids is 1. The molecule has 2 N–H and O–H groups in total. The predicted octanol–water partition coefficient (Wildman–Crippen LogP) is 1.01. The van der Waals surface area contributed by atoms with Crippen molar-refractivity contribution in [2.75, 3.05) is 11.9 Å². The molecule has 0 amide bonds. The fourth-order valence-electron chi connectivity index (χ4n) is 2.46. The molecular formula is C13H20N4O3. The highest BCUT2D eigenvalue weighted by molar-refractivity contribution is 5.72. The number of aromatic nitrogens is 3. The van der Waals surface area contributed by atoms with Crippen LogP contribution in [0.2, 0.25) is 0 Å². The van der Waals surface area contributed by atoms with Gasteiger partial charge in [0.05, 0.1) is 12.5 Å². The lowest BCUT2D eigenvalue weighted by Gasteiger charge is -2.28. The molecule has 0 radical (unpaired) electrons. The van der Waals surface area contributed by atoms with Gasteiger partial charge in [-0.15, -0.1) is 0 Å². The number of nitrogens with one attached hydrogen (secondary N) is 2. The molecular weight excluding hydrogens is 260 g/mol. The third-order valence-electron chi connectivity index (χ3n) is 3.56. The van der Waals surface area contributed by atoms with Gasteiger partial charge in [-0.25, -0.2) is 9.89 Å². The van der Waals surface area contributed by atoms with Crippen molar-refractivity contribution < 1.29 is 9.53 Å². The average Bonchev–Trinajstić information content (AvgIpc) is 2.44. The quantitative estimate of drug-likeness (QED) is 0.799. The van der Waals surface area contributed by atoms with Crippen LogP contribution in [0.25, 0.3) is 0 Å². The van der Waals surface area contributed by atoms with Gasteiger partial charge < -0.3 is 10.1 Å². The molecule has 1 aromatic heterocycles. The smallest absolute Gasteiger partial charge is 0.363 e. The Balaban J connectivity index is 1.90. The first kappa shape index (κ1) is 14.5. The van der Waals surface area contributed by atoms with Crippen molar-refractivity contribution >= 4 is 11.8 Å². The van der Waals surface area contributed by atoms with Crippen LogP contribution in [-0.2, 0) is 9.53 Å². The number of hydrogen-bond acceptors (Lipinski definition) is 6. The van der Waals surface area contributed by atoms with Crippen molar-refractivity contribution in [3.63, 3.8) is 0 Å². The summed E-state index contributed by atoms with van der Waals surface area (Å²) in [7, 11) is 0. The lowest BCUT2D eigenvalue weighted by Crippen LogP contribution is -2.31. The van der Waals surface area contributed by atoms with Crippen molar-refractivity contribution in [2.45, 2.75) is 45.6 Å². The molecule has 7 nitrogen and oxygen atoms in total. The molecule has 110 valence electrons. The van der Waals surface area contributed by atoms with E-state index >= 15 is 0 Å². The van der Waals surface area contributed by atoms with E-state index in [4.69, 9.17) is 4.74 Å². The molecule has 1 aliphatic carbocycles. The third kappa shape index (κ3) is 3.55. The fourth-order valence-corrected chi connectivity index (χ4v) is 2.46. The van der Waals surface area contributed by atoms with Crippen molar-refractivity contribution in [1.29, 1.82) is 0 Å². The van der Waals surface area contributed by atoms with Crippen LogP contribution >= 0.6 is 0 Å². The number of aryl methyl sites for hydroxylation is 1. The first-order chi connectivity index (χ1) is 9.60. The van der Waals surface area contributed by atoms with E-state index in [1.807, 2.05) is 6.92 Å². The number of esters is 1. The fraction of sp³-hybridized carbons (Fsp3) is 0.692. The Morgan fingerprint density at radius 2 is 2.10 bits per heavy atom. The summed E-state index contributed by atoms with van der Waals surface area (Å²) in [6.07, 6.45) is 3.31. The minimum Gasteiger partial charge on any atom is -0.466 e. The highest BCUT2D eigenvalue weighted by atomic mass is 16.5. The van der Waals surface area contributed by atoms with Crippen molar-refractivity contribution in [2.24, 2.45) is 5.92 Å². The van der Waals surface area contributed by atoms with Gasteiger partial charge in [-0.2, -0.15) is 10.1 Å². The molecule has 0 unspecified atom stereocenters. The number of anilines is 1. The summed E-state index contributed by atoms with van der Waals surface area (Å²) < 4.78 is 5.04. The molecule has 0 spiro atoms. The standard InChI is InChI=1S/C13H20N4O3/c1-3-20-12(18)9-4-6-10(7-5-9)14-11-8(2)16-17-13(19)15-11/h9-10H,3-7H2,1-2H3,(H2,14,15,17,19). The van der Waals surface area contributed by atoms with Gasteiger partial charge in [0.25, 0.3) is 0 Å². The minimum atomic E-state index is -0.460. The van der Waals surface area contributed by atoms with Crippen LogP contribution in [0, 0.1) is 12.8 Å². The van der Waals surface area contributed by atoms with Gasteiger partial charge in [0, 0.05) is 6.04 Å². The van der Waals surface area contributed by atoms with Gasteiger partial charge >= 0.3 is 11.7 Å². The van der Waals surface area contributed by atoms with Crippen LogP contribution in [-0.4, -0.2) is 33.8 Å². The van der Waals surface area contributed by atoms with Crippen LogP contribution in [0.15, 0.2) is 4.79 Å². The Morgan fingerprint density at radius 1 is 1.40 bits per heavy atom. The first-order valence-corrected chi connectivity index (χ1v) is 6.96. The predicted molar refractivity (Wildman–Crippen MR) is 73.4 cm³/mol. The summed E-state index contributed by atoms with van der Waals surface area (Å²) >= 11 is 0. The number of rotatable bonds is 4. The number of H-pyrrole nitrogens is 1. The zero-order chi connectivity index (χ0) is 14.5. The van der Waals surface area contributed by atoms with E-state index in [9.17, 15) is 9.59 Å². The lowest BCUT2D eigenvalue weighted by atomic mass is 9.86. The number of hydrogen-bond donors (Lipinski definition) is 2. The Morgan fingerprint density at radius 3 is 2.75 bits per heavy atom. The van der Waals surface area contributed by atoms with Gasteiger partial charge in [-0.05, 0) is 39.5 Å². The zero-order valence-electron chi connectivity index (χ0n) is 11.8. The second-order valence-corrected chi connectivity index (χ2v) is 5.02. The van der Waals surface area contributed by atoms with Gasteiger partial charge in [0.1, 0.15) is 5.69 Å². The zero-order valence-corrected chi connectivity index (χ0v) is 11.8. The molecule has 1 aromatic rings. The third-order valence-corrected chi connectivity index (χ3v) is 3.56. The Hall–Kier alpha value is -1.92. The van der Waals surface area contributed by atoms with Crippen molar-refractivity contribution in [3.8, 4) is 0 Å². The SMILES string of the molecule is CCOC(=O)C1CCC(Nc2nc(=O)[nH]nc2C)CC1. The molecule has 2 rings (SSSR count). The van der Waals surface area contributed by atoms with Crippen LogP contribution in [0.1, 0.15) is 38.3 Å². The first-order valence-electron chi connectivity index (χ1n) is 6.96. The molecule has 0 bridgehead atoms. The summed E-state index contributed by atoms with van der Waals surface area (Å²) in [6.45, 7) is 4.04. The molecule has 0 aromatic carbocycles. The summed E-state index contributed by atoms with van der Waals surface area (Å²) in [4.78, 5) is 26.7. The van der Waals surface area contributed by atoms with Crippen LogP contribution in [0.3, 0.4) is 0 Å². The maximum absolute atomic E-state index is 11.7. The summed E-state index contributed by atoms with van der Waals surface area (Å²) in [5.41, 5.74) is 0.204. The Kier molecular flexibility index (Phi) is 4.70. The van der Waals surface area contributed by atoms with Crippen LogP contribution in [0.4, 0.5) is 5.82 Å². The molecule has 0 aliphatic heterocycles. The van der Waals surface area contributed by atoms with E-state index in [0.29, 0.717) is 18.1 Å². The summed E-state index contributed by atoms with van der Waals surface area (Å²) in [5.74, 6) is 0.422. The molecule has 1 aliphatic rings. The maximum atomic E-state index is 11.7. The molecule has 1 heterocycles. The Labute approximate surface area is 117 Å². The summed E-state index contributed by atoms with van der Waals surface area (Å²) in [5, 5.41) is 9.41. The monoisotopic (exact) mass is 280 g/mol. The Bertz CT molecular complexity index is 521. The average molecular weight is 280 g/mol. The summed E-state index contributed by atoms with van der Waals surface area (Å²) in [6, 6.07) is 0.218. The van der Waals surface area contributed by atoms with Crippen LogP contribution < -0.4 is 11.0 Å². The molecule has 1 saturated carbocycles. The molecule has 0 saturated heterocycles. The van der Waals surface area contributed by atoms with Gasteiger partial charge in [-0.3, -0.25) is 4.79 Å². The second kappa shape index (κ2) is 6.49.